The molecule has 2 aromatic heterocycles. The summed E-state index contributed by atoms with van der Waals surface area (Å²) in [6, 6.07) is 4.75. The summed E-state index contributed by atoms with van der Waals surface area (Å²) in [6.07, 6.45) is 9.41. The molecule has 0 amide bonds. The summed E-state index contributed by atoms with van der Waals surface area (Å²) in [5.74, 6) is 1.01. The molecule has 0 aliphatic heterocycles. The number of pyridine rings is 1. The van der Waals surface area contributed by atoms with Crippen LogP contribution in [0.2, 0.25) is 0 Å². The van der Waals surface area contributed by atoms with Crippen molar-refractivity contribution in [1.29, 1.82) is 0 Å². The molecule has 4 heteroatoms. The van der Waals surface area contributed by atoms with Crippen LogP contribution in [0.1, 0.15) is 30.1 Å². The van der Waals surface area contributed by atoms with E-state index in [1.807, 2.05) is 19.2 Å². The Morgan fingerprint density at radius 1 is 1.44 bits per heavy atom. The first kappa shape index (κ1) is 11.3. The zero-order valence-electron chi connectivity index (χ0n) is 10.6. The van der Waals surface area contributed by atoms with E-state index in [2.05, 4.69) is 32.1 Å². The number of hydrogen-bond donors (Lipinski definition) is 1. The van der Waals surface area contributed by atoms with Crippen LogP contribution in [0.5, 0.6) is 0 Å². The van der Waals surface area contributed by atoms with Gasteiger partial charge in [0.2, 0.25) is 5.95 Å². The fraction of sp³-hybridized carbons (Fsp3) is 0.429. The van der Waals surface area contributed by atoms with Crippen molar-refractivity contribution in [3.05, 3.63) is 42.0 Å². The van der Waals surface area contributed by atoms with Crippen LogP contribution in [-0.4, -0.2) is 21.1 Å². The van der Waals surface area contributed by atoms with Gasteiger partial charge in [-0.1, -0.05) is 6.07 Å². The quantitative estimate of drug-likeness (QED) is 0.876. The molecule has 2 heterocycles. The average Bonchev–Trinajstić information content (AvgIpc) is 3.15. The molecule has 0 radical (unpaired) electrons. The van der Waals surface area contributed by atoms with E-state index in [9.17, 15) is 0 Å². The van der Waals surface area contributed by atoms with Gasteiger partial charge in [0.05, 0.1) is 5.69 Å². The minimum Gasteiger partial charge on any atom is -0.355 e. The molecule has 0 saturated heterocycles. The lowest BCUT2D eigenvalue weighted by Gasteiger charge is -2.08. The number of rotatable bonds is 5. The van der Waals surface area contributed by atoms with E-state index >= 15 is 0 Å². The average molecular weight is 242 g/mol. The molecule has 0 spiro atoms. The lowest BCUT2D eigenvalue weighted by molar-refractivity contribution is 0.742. The lowest BCUT2D eigenvalue weighted by atomic mass is 10.2. The van der Waals surface area contributed by atoms with Gasteiger partial charge in [-0.3, -0.25) is 4.98 Å². The number of hydrogen-bond acceptors (Lipinski definition) is 3. The Kier molecular flexibility index (Phi) is 3.00. The maximum atomic E-state index is 4.54. The largest absolute Gasteiger partial charge is 0.355 e. The minimum atomic E-state index is 0.673. The first-order valence-electron chi connectivity index (χ1n) is 6.51. The molecule has 2 aromatic rings. The van der Waals surface area contributed by atoms with Gasteiger partial charge in [-0.05, 0) is 37.8 Å². The van der Waals surface area contributed by atoms with Crippen molar-refractivity contribution >= 4 is 5.95 Å². The van der Waals surface area contributed by atoms with E-state index in [1.165, 1.54) is 18.4 Å². The molecule has 18 heavy (non-hydrogen) atoms. The van der Waals surface area contributed by atoms with Gasteiger partial charge in [-0.25, -0.2) is 4.98 Å². The Labute approximate surface area is 107 Å². The van der Waals surface area contributed by atoms with Gasteiger partial charge >= 0.3 is 0 Å². The Morgan fingerprint density at radius 2 is 2.33 bits per heavy atom. The second-order valence-electron chi connectivity index (χ2n) is 4.88. The SMILES string of the molecule is Cc1cn(C2CC2)c(NCCc2cccnc2)n1. The highest BCUT2D eigenvalue weighted by atomic mass is 15.2. The topological polar surface area (TPSA) is 42.7 Å². The minimum absolute atomic E-state index is 0.673. The number of anilines is 1. The third kappa shape index (κ3) is 2.53. The predicted molar refractivity (Wildman–Crippen MR) is 71.7 cm³/mol. The predicted octanol–water partition coefficient (Wildman–Crippen LogP) is 2.58. The summed E-state index contributed by atoms with van der Waals surface area (Å²) in [4.78, 5) is 8.66. The number of nitrogens with one attached hydrogen (secondary N) is 1. The second kappa shape index (κ2) is 4.80. The molecule has 0 unspecified atom stereocenters. The summed E-state index contributed by atoms with van der Waals surface area (Å²) < 4.78 is 2.28. The fourth-order valence-corrected chi connectivity index (χ4v) is 2.14. The molecule has 94 valence electrons. The molecule has 1 aliphatic carbocycles. The summed E-state index contributed by atoms with van der Waals surface area (Å²) in [6.45, 7) is 2.94. The Morgan fingerprint density at radius 3 is 3.06 bits per heavy atom. The standard InChI is InChI=1S/C14H18N4/c1-11-10-18(13-4-5-13)14(17-11)16-8-6-12-3-2-7-15-9-12/h2-3,7,9-10,13H,4-6,8H2,1H3,(H,16,17). The highest BCUT2D eigenvalue weighted by molar-refractivity contribution is 5.31. The van der Waals surface area contributed by atoms with Crippen LogP contribution in [0, 0.1) is 6.92 Å². The van der Waals surface area contributed by atoms with E-state index in [-0.39, 0.29) is 0 Å². The van der Waals surface area contributed by atoms with Crippen molar-refractivity contribution in [2.45, 2.75) is 32.2 Å². The highest BCUT2D eigenvalue weighted by Gasteiger charge is 2.25. The zero-order valence-corrected chi connectivity index (χ0v) is 10.6. The lowest BCUT2D eigenvalue weighted by Crippen LogP contribution is -2.10. The summed E-state index contributed by atoms with van der Waals surface area (Å²) in [7, 11) is 0. The molecule has 0 aromatic carbocycles. The van der Waals surface area contributed by atoms with Crippen LogP contribution in [0.25, 0.3) is 0 Å². The fourth-order valence-electron chi connectivity index (χ4n) is 2.14. The monoisotopic (exact) mass is 242 g/mol. The van der Waals surface area contributed by atoms with Gasteiger partial charge in [0, 0.05) is 31.2 Å². The van der Waals surface area contributed by atoms with Crippen molar-refractivity contribution in [2.75, 3.05) is 11.9 Å². The van der Waals surface area contributed by atoms with Crippen LogP contribution >= 0.6 is 0 Å². The first-order chi connectivity index (χ1) is 8.83. The first-order valence-corrected chi connectivity index (χ1v) is 6.51. The van der Waals surface area contributed by atoms with E-state index in [1.54, 1.807) is 6.20 Å². The van der Waals surface area contributed by atoms with Crippen LogP contribution in [0.3, 0.4) is 0 Å². The van der Waals surface area contributed by atoms with E-state index in [0.717, 1.165) is 24.6 Å². The third-order valence-corrected chi connectivity index (χ3v) is 3.21. The Balaban J connectivity index is 1.60. The zero-order chi connectivity index (χ0) is 12.4. The van der Waals surface area contributed by atoms with Crippen LogP contribution in [-0.2, 0) is 6.42 Å². The molecular weight excluding hydrogens is 224 g/mol. The normalized spacial score (nSPS) is 14.7. The van der Waals surface area contributed by atoms with E-state index < -0.39 is 0 Å². The highest BCUT2D eigenvalue weighted by Crippen LogP contribution is 2.37. The number of nitrogens with zero attached hydrogens (tertiary/aromatic N) is 3. The maximum absolute atomic E-state index is 4.54. The number of imidazole rings is 1. The van der Waals surface area contributed by atoms with E-state index in [0.29, 0.717) is 6.04 Å². The van der Waals surface area contributed by atoms with Crippen molar-refractivity contribution < 1.29 is 0 Å². The van der Waals surface area contributed by atoms with Gasteiger partial charge in [0.15, 0.2) is 0 Å². The van der Waals surface area contributed by atoms with Crippen molar-refractivity contribution in [3.63, 3.8) is 0 Å². The second-order valence-corrected chi connectivity index (χ2v) is 4.88. The van der Waals surface area contributed by atoms with Crippen molar-refractivity contribution in [1.82, 2.24) is 14.5 Å². The summed E-state index contributed by atoms with van der Waals surface area (Å²) in [5, 5.41) is 3.43. The Bertz CT molecular complexity index is 514. The van der Waals surface area contributed by atoms with E-state index in [4.69, 9.17) is 0 Å². The Hall–Kier alpha value is -1.84. The van der Waals surface area contributed by atoms with Crippen LogP contribution in [0.4, 0.5) is 5.95 Å². The molecule has 0 atom stereocenters. The third-order valence-electron chi connectivity index (χ3n) is 3.21. The van der Waals surface area contributed by atoms with Gasteiger partial charge < -0.3 is 9.88 Å². The van der Waals surface area contributed by atoms with Gasteiger partial charge in [-0.2, -0.15) is 0 Å². The van der Waals surface area contributed by atoms with Crippen LogP contribution < -0.4 is 5.32 Å². The summed E-state index contributed by atoms with van der Waals surface area (Å²) in [5.41, 5.74) is 2.34. The van der Waals surface area contributed by atoms with Gasteiger partial charge in [-0.15, -0.1) is 0 Å². The van der Waals surface area contributed by atoms with Crippen LogP contribution in [0.15, 0.2) is 30.7 Å². The molecular formula is C14H18N4. The van der Waals surface area contributed by atoms with Crippen molar-refractivity contribution in [2.24, 2.45) is 0 Å². The van der Waals surface area contributed by atoms with Gasteiger partial charge in [0.25, 0.3) is 0 Å². The molecule has 1 fully saturated rings. The van der Waals surface area contributed by atoms with Gasteiger partial charge in [0.1, 0.15) is 0 Å². The number of aromatic nitrogens is 3. The molecule has 3 rings (SSSR count). The molecule has 1 N–H and O–H groups in total. The summed E-state index contributed by atoms with van der Waals surface area (Å²) >= 11 is 0. The smallest absolute Gasteiger partial charge is 0.203 e. The van der Waals surface area contributed by atoms with Crippen molar-refractivity contribution in [3.8, 4) is 0 Å². The molecule has 1 aliphatic rings. The molecule has 1 saturated carbocycles. The maximum Gasteiger partial charge on any atom is 0.203 e. The molecule has 4 nitrogen and oxygen atoms in total. The number of aryl methyl sites for hydroxylation is 1. The molecule has 0 bridgehead atoms.